The summed E-state index contributed by atoms with van der Waals surface area (Å²) in [6, 6.07) is 15.8. The molecule has 9 nitrogen and oxygen atoms in total. The Morgan fingerprint density at radius 1 is 1.05 bits per heavy atom. The van der Waals surface area contributed by atoms with Crippen molar-refractivity contribution in [3.8, 4) is 5.75 Å². The van der Waals surface area contributed by atoms with Gasteiger partial charge in [0.2, 0.25) is 10.0 Å². The van der Waals surface area contributed by atoms with Crippen LogP contribution < -0.4 is 4.74 Å². The molecule has 0 aromatic heterocycles. The number of benzene rings is 2. The van der Waals surface area contributed by atoms with Crippen LogP contribution in [-0.4, -0.2) is 81.6 Å². The maximum atomic E-state index is 13.7. The molecule has 7 atom stereocenters. The molecule has 2 aromatic rings. The van der Waals surface area contributed by atoms with Crippen molar-refractivity contribution in [3.05, 3.63) is 60.2 Å². The SMILES string of the molecule is COc1ccc(S(=O)(=O)N(CC(C)C)C[C@@H](O)[C@@H](CC(=O)O[C@H]2CO[C@H]3C[C@H]4OCC[C@H]4[C@H]32)Cc2ccccc2)cc1. The highest BCUT2D eigenvalue weighted by atomic mass is 32.2. The summed E-state index contributed by atoms with van der Waals surface area (Å²) in [7, 11) is -2.39. The zero-order chi connectivity index (χ0) is 29.9. The molecule has 1 N–H and O–H groups in total. The number of rotatable bonds is 13. The number of methoxy groups -OCH3 is 1. The summed E-state index contributed by atoms with van der Waals surface area (Å²) in [4.78, 5) is 13.5. The van der Waals surface area contributed by atoms with E-state index in [2.05, 4.69) is 0 Å². The van der Waals surface area contributed by atoms with E-state index in [1.807, 2.05) is 44.2 Å². The summed E-state index contributed by atoms with van der Waals surface area (Å²) in [6.45, 7) is 5.05. The van der Waals surface area contributed by atoms with Crippen molar-refractivity contribution >= 4 is 16.0 Å². The van der Waals surface area contributed by atoms with Gasteiger partial charge in [-0.25, -0.2) is 8.42 Å². The molecular formula is C32H43NO8S. The number of aliphatic hydroxyl groups excluding tert-OH is 1. The van der Waals surface area contributed by atoms with Crippen molar-refractivity contribution in [1.82, 2.24) is 4.31 Å². The van der Waals surface area contributed by atoms with Gasteiger partial charge >= 0.3 is 5.97 Å². The lowest BCUT2D eigenvalue weighted by molar-refractivity contribution is -0.153. The lowest BCUT2D eigenvalue weighted by atomic mass is 9.88. The van der Waals surface area contributed by atoms with E-state index in [0.717, 1.165) is 25.0 Å². The van der Waals surface area contributed by atoms with Crippen molar-refractivity contribution in [2.45, 2.75) is 68.8 Å². The first kappa shape index (κ1) is 30.9. The van der Waals surface area contributed by atoms with Crippen LogP contribution in [0.15, 0.2) is 59.5 Å². The number of sulfonamides is 1. The highest BCUT2D eigenvalue weighted by Gasteiger charge is 2.55. The lowest BCUT2D eigenvalue weighted by Crippen LogP contribution is -2.43. The molecule has 42 heavy (non-hydrogen) atoms. The highest BCUT2D eigenvalue weighted by Crippen LogP contribution is 2.47. The molecule has 0 spiro atoms. The normalized spacial score (nSPS) is 26.7. The molecule has 0 radical (unpaired) electrons. The summed E-state index contributed by atoms with van der Waals surface area (Å²) in [6.07, 6.45) is 0.955. The molecule has 5 rings (SSSR count). The summed E-state index contributed by atoms with van der Waals surface area (Å²) >= 11 is 0. The second-order valence-electron chi connectivity index (χ2n) is 12.2. The van der Waals surface area contributed by atoms with E-state index in [0.29, 0.717) is 24.7 Å². The van der Waals surface area contributed by atoms with Crippen LogP contribution in [0.5, 0.6) is 5.75 Å². The van der Waals surface area contributed by atoms with Gasteiger partial charge in [0.1, 0.15) is 11.9 Å². The third-order valence-electron chi connectivity index (χ3n) is 8.81. The summed E-state index contributed by atoms with van der Waals surface area (Å²) in [5, 5.41) is 11.6. The molecule has 10 heteroatoms. The molecule has 2 aliphatic heterocycles. The standard InChI is InChI=1S/C32H43NO8S/c1-21(2)18-33(42(36,37)25-11-9-24(38-3)10-12-25)19-27(34)23(15-22-7-5-4-6-8-22)16-31(35)41-30-20-40-29-17-28-26(32(29)30)13-14-39-28/h4-12,21,23,26-30,32,34H,13-20H2,1-3H3/t23-,26-,27-,28-,29+,30+,32-/m1/s1. The number of ether oxygens (including phenoxy) is 4. The molecule has 2 heterocycles. The van der Waals surface area contributed by atoms with Gasteiger partial charge in [-0.05, 0) is 54.5 Å². The van der Waals surface area contributed by atoms with Crippen LogP contribution in [0.4, 0.5) is 0 Å². The summed E-state index contributed by atoms with van der Waals surface area (Å²) < 4.78 is 51.7. The third-order valence-corrected chi connectivity index (χ3v) is 10.7. The first-order valence-corrected chi connectivity index (χ1v) is 16.4. The smallest absolute Gasteiger partial charge is 0.306 e. The fourth-order valence-electron chi connectivity index (χ4n) is 6.77. The minimum Gasteiger partial charge on any atom is -0.497 e. The Balaban J connectivity index is 1.31. The van der Waals surface area contributed by atoms with Gasteiger partial charge in [-0.1, -0.05) is 44.2 Å². The monoisotopic (exact) mass is 601 g/mol. The van der Waals surface area contributed by atoms with E-state index in [1.54, 1.807) is 12.1 Å². The maximum Gasteiger partial charge on any atom is 0.306 e. The Hall–Kier alpha value is -2.50. The van der Waals surface area contributed by atoms with Crippen molar-refractivity contribution in [2.75, 3.05) is 33.4 Å². The second kappa shape index (κ2) is 13.4. The van der Waals surface area contributed by atoms with Gasteiger partial charge in [-0.15, -0.1) is 0 Å². The van der Waals surface area contributed by atoms with Crippen molar-refractivity contribution < 1.29 is 37.3 Å². The molecule has 0 amide bonds. The van der Waals surface area contributed by atoms with E-state index in [1.165, 1.54) is 23.5 Å². The minimum absolute atomic E-state index is 0.0212. The number of aliphatic hydroxyl groups is 1. The van der Waals surface area contributed by atoms with Crippen molar-refractivity contribution in [1.29, 1.82) is 0 Å². The largest absolute Gasteiger partial charge is 0.497 e. The molecule has 0 unspecified atom stereocenters. The van der Waals surface area contributed by atoms with Crippen LogP contribution in [0.1, 0.15) is 38.7 Å². The molecule has 2 aromatic carbocycles. The Morgan fingerprint density at radius 3 is 2.48 bits per heavy atom. The summed E-state index contributed by atoms with van der Waals surface area (Å²) in [5.41, 5.74) is 0.953. The molecule has 230 valence electrons. The van der Waals surface area contributed by atoms with Crippen LogP contribution in [0.2, 0.25) is 0 Å². The average molecular weight is 602 g/mol. The fraction of sp³-hybridized carbons (Fsp3) is 0.594. The van der Waals surface area contributed by atoms with Gasteiger partial charge in [0.15, 0.2) is 0 Å². The highest BCUT2D eigenvalue weighted by molar-refractivity contribution is 7.89. The molecule has 3 aliphatic rings. The molecule has 2 saturated heterocycles. The Labute approximate surface area is 249 Å². The van der Waals surface area contributed by atoms with Gasteiger partial charge in [0.05, 0.1) is 43.3 Å². The Morgan fingerprint density at radius 2 is 1.79 bits per heavy atom. The number of fused-ring (bicyclic) bond motifs is 3. The zero-order valence-corrected chi connectivity index (χ0v) is 25.4. The van der Waals surface area contributed by atoms with Crippen molar-refractivity contribution in [2.24, 2.45) is 23.7 Å². The topological polar surface area (TPSA) is 112 Å². The fourth-order valence-corrected chi connectivity index (χ4v) is 8.39. The number of esters is 1. The van der Waals surface area contributed by atoms with Gasteiger partial charge in [0, 0.05) is 38.0 Å². The van der Waals surface area contributed by atoms with Crippen LogP contribution in [-0.2, 0) is 35.4 Å². The van der Waals surface area contributed by atoms with E-state index < -0.39 is 28.0 Å². The van der Waals surface area contributed by atoms with Crippen LogP contribution in [0.3, 0.4) is 0 Å². The zero-order valence-electron chi connectivity index (χ0n) is 24.6. The molecular weight excluding hydrogens is 558 g/mol. The number of hydrogen-bond donors (Lipinski definition) is 1. The third kappa shape index (κ3) is 7.00. The molecule has 1 aliphatic carbocycles. The first-order chi connectivity index (χ1) is 20.2. The van der Waals surface area contributed by atoms with E-state index >= 15 is 0 Å². The number of carbonyl (C=O) groups is 1. The Bertz CT molecular complexity index is 1290. The lowest BCUT2D eigenvalue weighted by Gasteiger charge is -2.30. The van der Waals surface area contributed by atoms with Gasteiger partial charge in [-0.3, -0.25) is 4.79 Å². The minimum atomic E-state index is -3.91. The van der Waals surface area contributed by atoms with E-state index in [4.69, 9.17) is 18.9 Å². The molecule has 3 fully saturated rings. The number of carbonyl (C=O) groups excluding carboxylic acids is 1. The average Bonchev–Trinajstić information content (AvgIpc) is 3.66. The number of hydrogen-bond acceptors (Lipinski definition) is 8. The maximum absolute atomic E-state index is 13.7. The van der Waals surface area contributed by atoms with Gasteiger partial charge in [-0.2, -0.15) is 4.31 Å². The predicted octanol–water partition coefficient (Wildman–Crippen LogP) is 3.69. The van der Waals surface area contributed by atoms with Crippen molar-refractivity contribution in [3.63, 3.8) is 0 Å². The first-order valence-electron chi connectivity index (χ1n) is 14.9. The summed E-state index contributed by atoms with van der Waals surface area (Å²) in [5.74, 6) is 0.0973. The number of nitrogens with zero attached hydrogens (tertiary/aromatic N) is 1. The molecule has 1 saturated carbocycles. The Kier molecular flexibility index (Phi) is 9.89. The van der Waals surface area contributed by atoms with E-state index in [-0.39, 0.29) is 54.6 Å². The predicted molar refractivity (Wildman–Crippen MR) is 156 cm³/mol. The van der Waals surface area contributed by atoms with Gasteiger partial charge in [0.25, 0.3) is 0 Å². The molecule has 0 bridgehead atoms. The van der Waals surface area contributed by atoms with Crippen LogP contribution in [0.25, 0.3) is 0 Å². The van der Waals surface area contributed by atoms with Crippen LogP contribution >= 0.6 is 0 Å². The van der Waals surface area contributed by atoms with E-state index in [9.17, 15) is 18.3 Å². The van der Waals surface area contributed by atoms with Gasteiger partial charge < -0.3 is 24.1 Å². The van der Waals surface area contributed by atoms with Crippen LogP contribution in [0, 0.1) is 23.7 Å². The quantitative estimate of drug-likeness (QED) is 0.346. The second-order valence-corrected chi connectivity index (χ2v) is 14.1.